The van der Waals surface area contributed by atoms with Gasteiger partial charge in [-0.1, -0.05) is 32.8 Å². The van der Waals surface area contributed by atoms with E-state index in [4.69, 9.17) is 4.42 Å². The van der Waals surface area contributed by atoms with Crippen molar-refractivity contribution in [3.8, 4) is 11.5 Å². The van der Waals surface area contributed by atoms with Crippen LogP contribution >= 0.6 is 11.3 Å². The highest BCUT2D eigenvalue weighted by atomic mass is 32.2. The number of rotatable bonds is 5. The molecule has 0 unspecified atom stereocenters. The summed E-state index contributed by atoms with van der Waals surface area (Å²) in [5.74, 6) is -2.30. The van der Waals surface area contributed by atoms with Crippen molar-refractivity contribution in [1.29, 1.82) is 0 Å². The average Bonchev–Trinajstić information content (AvgIpc) is 3.47. The van der Waals surface area contributed by atoms with Crippen molar-refractivity contribution in [2.24, 2.45) is 11.8 Å². The Bertz CT molecular complexity index is 1250. The lowest BCUT2D eigenvalue weighted by atomic mass is 9.94. The summed E-state index contributed by atoms with van der Waals surface area (Å²) in [6.45, 7) is 8.92. The van der Waals surface area contributed by atoms with Crippen molar-refractivity contribution in [1.82, 2.24) is 14.5 Å². The maximum atomic E-state index is 13.4. The minimum Gasteiger partial charge on any atom is -0.403 e. The molecule has 1 aromatic carbocycles. The molecule has 1 aliphatic heterocycles. The van der Waals surface area contributed by atoms with Crippen LogP contribution in [0.1, 0.15) is 43.8 Å². The van der Waals surface area contributed by atoms with Gasteiger partial charge in [0.1, 0.15) is 0 Å². The van der Waals surface area contributed by atoms with Crippen LogP contribution < -0.4 is 5.32 Å². The lowest BCUT2D eigenvalue weighted by molar-refractivity contribution is 0.102. The topological polar surface area (TPSA) is 105 Å². The Labute approximate surface area is 201 Å². The lowest BCUT2D eigenvalue weighted by Gasteiger charge is -2.33. The molecule has 1 saturated heterocycles. The van der Waals surface area contributed by atoms with Crippen molar-refractivity contribution in [3.05, 3.63) is 46.2 Å². The van der Waals surface area contributed by atoms with Gasteiger partial charge in [-0.3, -0.25) is 10.1 Å². The van der Waals surface area contributed by atoms with Crippen molar-refractivity contribution in [3.63, 3.8) is 0 Å². The second kappa shape index (κ2) is 10.7. The Hall–Kier alpha value is -2.70. The van der Waals surface area contributed by atoms with Crippen molar-refractivity contribution >= 4 is 33.3 Å². The molecule has 1 amide bonds. The van der Waals surface area contributed by atoms with Gasteiger partial charge < -0.3 is 4.42 Å². The van der Waals surface area contributed by atoms with Crippen LogP contribution in [0.15, 0.2) is 39.0 Å². The number of halogens is 2. The fraction of sp³-hybridized carbons (Fsp3) is 0.409. The van der Waals surface area contributed by atoms with Gasteiger partial charge in [0, 0.05) is 24.0 Å². The smallest absolute Gasteiger partial charge is 0.322 e. The standard InChI is InChI=1S/C20H20F2N4O4S2.C2H6/c1-11-5-12(2)9-26(8-11)32(28,29)14-7-17(31-10-14)18(27)23-20-25-24-19(30-20)13-3-4-15(21)16(22)6-13;1-2/h3-4,6-7,10-12H,5,8-9H2,1-2H3,(H,23,25,27);1-2H3/t11-,12+;. The van der Waals surface area contributed by atoms with Crippen molar-refractivity contribution in [2.75, 3.05) is 18.4 Å². The van der Waals surface area contributed by atoms with Gasteiger partial charge in [-0.2, -0.15) is 4.31 Å². The van der Waals surface area contributed by atoms with E-state index in [1.807, 2.05) is 27.7 Å². The van der Waals surface area contributed by atoms with E-state index in [0.29, 0.717) is 13.1 Å². The Morgan fingerprint density at radius 2 is 1.79 bits per heavy atom. The predicted molar refractivity (Wildman–Crippen MR) is 125 cm³/mol. The first-order valence-corrected chi connectivity index (χ1v) is 13.1. The molecule has 0 aliphatic carbocycles. The lowest BCUT2D eigenvalue weighted by Crippen LogP contribution is -2.42. The molecule has 0 spiro atoms. The molecular formula is C22H26F2N4O4S2. The van der Waals surface area contributed by atoms with Gasteiger partial charge in [0.05, 0.1) is 9.77 Å². The number of anilines is 1. The molecule has 1 fully saturated rings. The number of nitrogens with one attached hydrogen (secondary N) is 1. The SMILES string of the molecule is CC.C[C@@H]1C[C@H](C)CN(S(=O)(=O)c2csc(C(=O)Nc3nnc(-c4ccc(F)c(F)c4)o3)c2)C1. The Balaban J connectivity index is 0.00000158. The average molecular weight is 513 g/mol. The number of thiophene rings is 1. The quantitative estimate of drug-likeness (QED) is 0.515. The fourth-order valence-electron chi connectivity index (χ4n) is 3.70. The molecule has 3 heterocycles. The maximum absolute atomic E-state index is 13.4. The molecule has 1 aliphatic rings. The summed E-state index contributed by atoms with van der Waals surface area (Å²) in [6, 6.07) is 4.13. The molecule has 12 heteroatoms. The van der Waals surface area contributed by atoms with Crippen LogP contribution in [0.4, 0.5) is 14.8 Å². The van der Waals surface area contributed by atoms with Crippen LogP contribution in [0.3, 0.4) is 0 Å². The molecule has 0 radical (unpaired) electrons. The minimum absolute atomic E-state index is 0.0574. The van der Waals surface area contributed by atoms with E-state index < -0.39 is 27.6 Å². The number of benzene rings is 1. The number of piperidine rings is 1. The highest BCUT2D eigenvalue weighted by Crippen LogP contribution is 2.29. The third-order valence-electron chi connectivity index (χ3n) is 5.08. The van der Waals surface area contributed by atoms with E-state index in [9.17, 15) is 22.0 Å². The summed E-state index contributed by atoms with van der Waals surface area (Å²) >= 11 is 0.977. The Morgan fingerprint density at radius 3 is 2.44 bits per heavy atom. The van der Waals surface area contributed by atoms with Crippen LogP contribution in [-0.4, -0.2) is 41.9 Å². The molecule has 0 saturated carbocycles. The molecule has 8 nitrogen and oxygen atoms in total. The second-order valence-corrected chi connectivity index (χ2v) is 10.8. The molecule has 1 N–H and O–H groups in total. The minimum atomic E-state index is -3.71. The molecular weight excluding hydrogens is 486 g/mol. The predicted octanol–water partition coefficient (Wildman–Crippen LogP) is 5.02. The van der Waals surface area contributed by atoms with Gasteiger partial charge >= 0.3 is 6.01 Å². The summed E-state index contributed by atoms with van der Waals surface area (Å²) in [5, 5.41) is 11.2. The third-order valence-corrected chi connectivity index (χ3v) is 7.97. The first-order chi connectivity index (χ1) is 16.1. The van der Waals surface area contributed by atoms with E-state index in [0.717, 1.165) is 29.9 Å². The Kier molecular flexibility index (Phi) is 8.16. The van der Waals surface area contributed by atoms with Crippen LogP contribution in [0, 0.1) is 23.5 Å². The zero-order valence-corrected chi connectivity index (χ0v) is 20.8. The third kappa shape index (κ3) is 5.68. The van der Waals surface area contributed by atoms with Crippen molar-refractivity contribution in [2.45, 2.75) is 39.0 Å². The maximum Gasteiger partial charge on any atom is 0.322 e. The van der Waals surface area contributed by atoms with E-state index in [-0.39, 0.29) is 39.1 Å². The fourth-order valence-corrected chi connectivity index (χ4v) is 6.54. The van der Waals surface area contributed by atoms with E-state index >= 15 is 0 Å². The number of hydrogen-bond acceptors (Lipinski definition) is 7. The normalized spacial score (nSPS) is 18.8. The van der Waals surface area contributed by atoms with Crippen LogP contribution in [0.2, 0.25) is 0 Å². The van der Waals surface area contributed by atoms with E-state index in [1.54, 1.807) is 0 Å². The number of sulfonamides is 1. The summed E-state index contributed by atoms with van der Waals surface area (Å²) in [6.07, 6.45) is 0.972. The van der Waals surface area contributed by atoms with Gasteiger partial charge in [0.25, 0.3) is 5.91 Å². The highest BCUT2D eigenvalue weighted by Gasteiger charge is 2.32. The number of aromatic nitrogens is 2. The van der Waals surface area contributed by atoms with Gasteiger partial charge in [-0.25, -0.2) is 17.2 Å². The summed E-state index contributed by atoms with van der Waals surface area (Å²) < 4.78 is 59.2. The number of carbonyl (C=O) groups is 1. The van der Waals surface area contributed by atoms with Gasteiger partial charge in [0.2, 0.25) is 15.9 Å². The summed E-state index contributed by atoms with van der Waals surface area (Å²) in [4.78, 5) is 12.7. The van der Waals surface area contributed by atoms with E-state index in [1.165, 1.54) is 21.8 Å². The monoisotopic (exact) mass is 512 g/mol. The zero-order valence-electron chi connectivity index (χ0n) is 19.2. The number of carbonyl (C=O) groups excluding carboxylic acids is 1. The molecule has 184 valence electrons. The molecule has 2 atom stereocenters. The number of amides is 1. The number of nitrogens with zero attached hydrogens (tertiary/aromatic N) is 3. The van der Waals surface area contributed by atoms with Crippen LogP contribution in [0.5, 0.6) is 0 Å². The number of hydrogen-bond donors (Lipinski definition) is 1. The summed E-state index contributed by atoms with van der Waals surface area (Å²) in [5.41, 5.74) is 0.145. The molecule has 3 aromatic rings. The highest BCUT2D eigenvalue weighted by molar-refractivity contribution is 7.89. The first-order valence-electron chi connectivity index (χ1n) is 10.8. The van der Waals surface area contributed by atoms with Gasteiger partial charge in [-0.05, 0) is 42.5 Å². The van der Waals surface area contributed by atoms with Crippen LogP contribution in [0.25, 0.3) is 11.5 Å². The van der Waals surface area contributed by atoms with Crippen molar-refractivity contribution < 1.29 is 26.4 Å². The molecule has 2 aromatic heterocycles. The van der Waals surface area contributed by atoms with Gasteiger partial charge in [-0.15, -0.1) is 16.4 Å². The van der Waals surface area contributed by atoms with E-state index in [2.05, 4.69) is 15.5 Å². The second-order valence-electron chi connectivity index (χ2n) is 7.91. The molecule has 0 bridgehead atoms. The summed E-state index contributed by atoms with van der Waals surface area (Å²) in [7, 11) is -3.71. The van der Waals surface area contributed by atoms with Crippen LogP contribution in [-0.2, 0) is 10.0 Å². The Morgan fingerprint density at radius 1 is 1.12 bits per heavy atom. The largest absolute Gasteiger partial charge is 0.403 e. The first kappa shape index (κ1) is 25.9. The molecule has 34 heavy (non-hydrogen) atoms. The van der Waals surface area contributed by atoms with Gasteiger partial charge in [0.15, 0.2) is 11.6 Å². The zero-order chi connectivity index (χ0) is 25.0. The molecule has 4 rings (SSSR count).